The second kappa shape index (κ2) is 4.70. The lowest BCUT2D eigenvalue weighted by atomic mass is 9.97. The number of nitro benzene ring substituents is 1. The molecule has 0 fully saturated rings. The van der Waals surface area contributed by atoms with Crippen LogP contribution < -0.4 is 0 Å². The Balaban J connectivity index is 2.88. The average Bonchev–Trinajstić information content (AvgIpc) is 2.27. The fraction of sp³-hybridized carbons (Fsp3) is 0.273. The quantitative estimate of drug-likeness (QED) is 0.468. The van der Waals surface area contributed by atoms with Crippen LogP contribution in [-0.4, -0.2) is 10.0 Å². The van der Waals surface area contributed by atoms with Crippen molar-refractivity contribution in [2.45, 2.75) is 13.0 Å². The van der Waals surface area contributed by atoms with Crippen LogP contribution in [0.3, 0.4) is 0 Å². The van der Waals surface area contributed by atoms with E-state index in [1.807, 2.05) is 6.92 Å². The highest BCUT2D eigenvalue weighted by Crippen LogP contribution is 2.24. The Morgan fingerprint density at radius 2 is 2.00 bits per heavy atom. The first-order valence-electron chi connectivity index (χ1n) is 4.61. The molecule has 0 aliphatic rings. The van der Waals surface area contributed by atoms with E-state index in [-0.39, 0.29) is 11.6 Å². The molecule has 0 saturated carbocycles. The van der Waals surface area contributed by atoms with Gasteiger partial charge < -0.3 is 5.11 Å². The van der Waals surface area contributed by atoms with Gasteiger partial charge in [-0.15, -0.1) is 6.58 Å². The predicted octanol–water partition coefficient (Wildman–Crippen LogP) is 2.45. The molecular weight excluding hydrogens is 194 g/mol. The zero-order chi connectivity index (χ0) is 11.4. The molecule has 1 aromatic carbocycles. The molecule has 0 heterocycles. The number of hydrogen-bond acceptors (Lipinski definition) is 3. The third-order valence-corrected chi connectivity index (χ3v) is 2.32. The molecule has 0 aliphatic heterocycles. The van der Waals surface area contributed by atoms with Crippen LogP contribution in [0.2, 0.25) is 0 Å². The van der Waals surface area contributed by atoms with Crippen LogP contribution >= 0.6 is 0 Å². The van der Waals surface area contributed by atoms with Crippen molar-refractivity contribution in [1.82, 2.24) is 0 Å². The number of aliphatic hydroxyl groups excluding tert-OH is 1. The molecule has 1 rings (SSSR count). The molecule has 0 aliphatic carbocycles. The van der Waals surface area contributed by atoms with E-state index in [2.05, 4.69) is 6.58 Å². The second-order valence-electron chi connectivity index (χ2n) is 3.39. The Hall–Kier alpha value is -1.68. The van der Waals surface area contributed by atoms with Gasteiger partial charge in [0, 0.05) is 18.1 Å². The molecule has 4 heteroatoms. The van der Waals surface area contributed by atoms with Crippen molar-refractivity contribution in [3.05, 3.63) is 52.6 Å². The fourth-order valence-electron chi connectivity index (χ4n) is 1.23. The van der Waals surface area contributed by atoms with E-state index in [4.69, 9.17) is 0 Å². The largest absolute Gasteiger partial charge is 0.388 e. The zero-order valence-corrected chi connectivity index (χ0v) is 8.46. The van der Waals surface area contributed by atoms with E-state index in [1.54, 1.807) is 18.2 Å². The molecule has 0 radical (unpaired) electrons. The standard InChI is InChI=1S/C11H13NO3/c1-3-8(2)11(13)9-4-6-10(7-5-9)12(14)15/h3-8,11,13H,1H2,2H3/t8-,11+/m1/s1. The van der Waals surface area contributed by atoms with Crippen molar-refractivity contribution in [2.24, 2.45) is 5.92 Å². The summed E-state index contributed by atoms with van der Waals surface area (Å²) < 4.78 is 0. The molecule has 1 N–H and O–H groups in total. The third kappa shape index (κ3) is 2.63. The summed E-state index contributed by atoms with van der Waals surface area (Å²) in [5.74, 6) is -0.0774. The maximum Gasteiger partial charge on any atom is 0.269 e. The molecule has 15 heavy (non-hydrogen) atoms. The second-order valence-corrected chi connectivity index (χ2v) is 3.39. The highest BCUT2D eigenvalue weighted by atomic mass is 16.6. The van der Waals surface area contributed by atoms with Crippen LogP contribution in [-0.2, 0) is 0 Å². The summed E-state index contributed by atoms with van der Waals surface area (Å²) in [6, 6.07) is 5.88. The maximum atomic E-state index is 10.4. The fourth-order valence-corrected chi connectivity index (χ4v) is 1.23. The van der Waals surface area contributed by atoms with E-state index >= 15 is 0 Å². The number of nitro groups is 1. The number of benzene rings is 1. The molecule has 1 aromatic rings. The Labute approximate surface area is 88.0 Å². The van der Waals surface area contributed by atoms with Crippen LogP contribution in [0.4, 0.5) is 5.69 Å². The lowest BCUT2D eigenvalue weighted by Gasteiger charge is -2.14. The number of aliphatic hydroxyl groups is 1. The SMILES string of the molecule is C=C[C@@H](C)[C@H](O)c1ccc([N+](=O)[O-])cc1. The number of rotatable bonds is 4. The molecular formula is C11H13NO3. The van der Waals surface area contributed by atoms with Crippen molar-refractivity contribution >= 4 is 5.69 Å². The highest BCUT2D eigenvalue weighted by Gasteiger charge is 2.14. The molecule has 0 bridgehead atoms. The monoisotopic (exact) mass is 207 g/mol. The summed E-state index contributed by atoms with van der Waals surface area (Å²) in [4.78, 5) is 9.93. The topological polar surface area (TPSA) is 63.4 Å². The van der Waals surface area contributed by atoms with Gasteiger partial charge in [0.15, 0.2) is 0 Å². The normalized spacial score (nSPS) is 14.3. The highest BCUT2D eigenvalue weighted by molar-refractivity contribution is 5.34. The minimum atomic E-state index is -0.664. The molecule has 4 nitrogen and oxygen atoms in total. The molecule has 80 valence electrons. The Kier molecular flexibility index (Phi) is 3.57. The van der Waals surface area contributed by atoms with Crippen molar-refractivity contribution < 1.29 is 10.0 Å². The van der Waals surface area contributed by atoms with Crippen molar-refractivity contribution in [3.63, 3.8) is 0 Å². The van der Waals surface area contributed by atoms with Crippen molar-refractivity contribution in [2.75, 3.05) is 0 Å². The summed E-state index contributed by atoms with van der Waals surface area (Å²) in [7, 11) is 0. The Morgan fingerprint density at radius 1 is 1.47 bits per heavy atom. The van der Waals surface area contributed by atoms with Gasteiger partial charge in [-0.1, -0.05) is 13.0 Å². The van der Waals surface area contributed by atoms with Gasteiger partial charge in [-0.3, -0.25) is 10.1 Å². The Morgan fingerprint density at radius 3 is 2.40 bits per heavy atom. The predicted molar refractivity (Wildman–Crippen MR) is 57.4 cm³/mol. The summed E-state index contributed by atoms with van der Waals surface area (Å²) in [5.41, 5.74) is 0.685. The van der Waals surface area contributed by atoms with Gasteiger partial charge in [0.1, 0.15) is 0 Å². The number of hydrogen-bond donors (Lipinski definition) is 1. The molecule has 0 amide bonds. The van der Waals surface area contributed by atoms with E-state index in [0.717, 1.165) is 0 Å². The summed E-state index contributed by atoms with van der Waals surface area (Å²) in [6.45, 7) is 5.42. The van der Waals surface area contributed by atoms with Gasteiger partial charge in [-0.2, -0.15) is 0 Å². The van der Waals surface area contributed by atoms with Crippen LogP contribution in [0.1, 0.15) is 18.6 Å². The van der Waals surface area contributed by atoms with Gasteiger partial charge in [0.25, 0.3) is 5.69 Å². The van der Waals surface area contributed by atoms with Crippen molar-refractivity contribution in [3.8, 4) is 0 Å². The molecule has 0 spiro atoms. The zero-order valence-electron chi connectivity index (χ0n) is 8.46. The van der Waals surface area contributed by atoms with Crippen LogP contribution in [0.15, 0.2) is 36.9 Å². The van der Waals surface area contributed by atoms with Gasteiger partial charge in [0.05, 0.1) is 11.0 Å². The van der Waals surface area contributed by atoms with Crippen molar-refractivity contribution in [1.29, 1.82) is 0 Å². The molecule has 0 aromatic heterocycles. The van der Waals surface area contributed by atoms with Gasteiger partial charge >= 0.3 is 0 Å². The maximum absolute atomic E-state index is 10.4. The van der Waals surface area contributed by atoms with E-state index in [1.165, 1.54) is 12.1 Å². The van der Waals surface area contributed by atoms with Crippen LogP contribution in [0.5, 0.6) is 0 Å². The average molecular weight is 207 g/mol. The van der Waals surface area contributed by atoms with Gasteiger partial charge in [-0.25, -0.2) is 0 Å². The minimum Gasteiger partial charge on any atom is -0.388 e. The summed E-state index contributed by atoms with van der Waals surface area (Å²) in [6.07, 6.45) is 0.981. The number of non-ortho nitro benzene ring substituents is 1. The minimum absolute atomic E-state index is 0.0252. The number of nitrogens with zero attached hydrogens (tertiary/aromatic N) is 1. The third-order valence-electron chi connectivity index (χ3n) is 2.32. The summed E-state index contributed by atoms with van der Waals surface area (Å²) in [5, 5.41) is 20.2. The smallest absolute Gasteiger partial charge is 0.269 e. The van der Waals surface area contributed by atoms with E-state index < -0.39 is 11.0 Å². The van der Waals surface area contributed by atoms with E-state index in [9.17, 15) is 15.2 Å². The molecule has 0 unspecified atom stereocenters. The Bertz CT molecular complexity index is 359. The first-order valence-corrected chi connectivity index (χ1v) is 4.61. The first kappa shape index (κ1) is 11.4. The van der Waals surface area contributed by atoms with Crippen LogP contribution in [0.25, 0.3) is 0 Å². The summed E-state index contributed by atoms with van der Waals surface area (Å²) >= 11 is 0. The van der Waals surface area contributed by atoms with Crippen LogP contribution in [0, 0.1) is 16.0 Å². The lowest BCUT2D eigenvalue weighted by Crippen LogP contribution is -2.06. The molecule has 0 saturated heterocycles. The first-order chi connectivity index (χ1) is 7.06. The lowest BCUT2D eigenvalue weighted by molar-refractivity contribution is -0.384. The van der Waals surface area contributed by atoms with Gasteiger partial charge in [-0.05, 0) is 17.7 Å². The molecule has 2 atom stereocenters. The van der Waals surface area contributed by atoms with E-state index in [0.29, 0.717) is 5.56 Å². The van der Waals surface area contributed by atoms with Gasteiger partial charge in [0.2, 0.25) is 0 Å².